The predicted molar refractivity (Wildman–Crippen MR) is 352 cm³/mol. The van der Waals surface area contributed by atoms with Crippen molar-refractivity contribution in [3.63, 3.8) is 0 Å². The number of rotatable bonds is 76. The molecule has 0 spiro atoms. The van der Waals surface area contributed by atoms with Crippen molar-refractivity contribution in [2.45, 2.75) is 200 Å². The van der Waals surface area contributed by atoms with Crippen molar-refractivity contribution in [1.29, 1.82) is 0 Å². The molecule has 0 saturated heterocycles. The fraction of sp³-hybridized carbons (Fsp3) is 0.896. The Labute approximate surface area is 549 Å². The lowest BCUT2D eigenvalue weighted by molar-refractivity contribution is -0.161. The molecule has 2 N–H and O–H groups in total. The number of esters is 2. The summed E-state index contributed by atoms with van der Waals surface area (Å²) in [5.41, 5.74) is 0. The number of carbonyl (C=O) groups excluding carboxylic acids is 3. The van der Waals surface area contributed by atoms with Crippen LogP contribution in [0.25, 0.3) is 0 Å². The van der Waals surface area contributed by atoms with Gasteiger partial charge >= 0.3 is 25.9 Å². The second kappa shape index (κ2) is 74.7. The molecule has 0 aromatic rings. The average Bonchev–Trinajstić information content (AvgIpc) is 3.64. The summed E-state index contributed by atoms with van der Waals surface area (Å²) in [5, 5.41) is 2.42. The maximum atomic E-state index is 12.9. The third kappa shape index (κ3) is 74.6. The molecule has 0 bridgehead atoms. The molecule has 0 heterocycles. The number of hydrogen-bond acceptors (Lipinski definition) is 21. The summed E-state index contributed by atoms with van der Waals surface area (Å²) in [5.74, 6) is -0.959. The van der Waals surface area contributed by atoms with E-state index in [9.17, 15) is 23.8 Å². The van der Waals surface area contributed by atoms with Gasteiger partial charge in [-0.05, 0) is 64.2 Å². The fourth-order valence-electron chi connectivity index (χ4n) is 8.52. The van der Waals surface area contributed by atoms with Crippen LogP contribution in [0.1, 0.15) is 194 Å². The van der Waals surface area contributed by atoms with Crippen LogP contribution in [0.15, 0.2) is 24.3 Å². The van der Waals surface area contributed by atoms with Crippen molar-refractivity contribution in [1.82, 2.24) is 5.32 Å². The van der Waals surface area contributed by atoms with E-state index in [4.69, 9.17) is 80.1 Å². The standard InChI is InChI=1S/C67H128NO22P/c1-4-6-8-10-12-14-16-18-20-22-24-26-28-30-32-34-65(69)87-62-64(90-66(70)35-33-31-29-27-25-23-21-19-17-15-13-11-9-7-5-2)63-89-91(72,73)88-37-36-68-67(71)86-61-60-85-59-58-84-57-56-83-55-54-82-53-52-81-51-50-80-49-48-79-47-46-78-45-44-77-43-42-76-41-40-75-39-38-74-3/h18-21,64H,4-17,22-63H2,1-3H3,(H,68,71)(H,72,73)/b20-18-,21-19-/t64-/m1/s1. The first kappa shape index (κ1) is 88.3. The first-order valence-corrected chi connectivity index (χ1v) is 36.2. The Morgan fingerprint density at radius 1 is 0.363 bits per heavy atom. The molecule has 2 atom stereocenters. The van der Waals surface area contributed by atoms with Crippen molar-refractivity contribution >= 4 is 25.9 Å². The smallest absolute Gasteiger partial charge is 0.462 e. The fourth-order valence-corrected chi connectivity index (χ4v) is 9.27. The number of methoxy groups -OCH3 is 1. The molecule has 1 amide bonds. The van der Waals surface area contributed by atoms with E-state index < -0.39 is 38.6 Å². The molecular formula is C67H128NO22P. The zero-order valence-corrected chi connectivity index (χ0v) is 57.8. The topological polar surface area (TPSA) is 257 Å². The Balaban J connectivity index is 4.11. The highest BCUT2D eigenvalue weighted by molar-refractivity contribution is 7.47. The molecule has 0 aromatic heterocycles. The highest BCUT2D eigenvalue weighted by Gasteiger charge is 2.26. The Kier molecular flexibility index (Phi) is 72.5. The Hall–Kier alpha value is -2.68. The van der Waals surface area contributed by atoms with Crippen molar-refractivity contribution in [3.05, 3.63) is 24.3 Å². The molecule has 0 aliphatic rings. The number of ether oxygens (including phenoxy) is 15. The summed E-state index contributed by atoms with van der Waals surface area (Å²) in [6.45, 7) is 13.3. The van der Waals surface area contributed by atoms with Gasteiger partial charge in [0.25, 0.3) is 0 Å². The molecule has 23 nitrogen and oxygen atoms in total. The molecule has 1 unspecified atom stereocenters. The van der Waals surface area contributed by atoms with Gasteiger partial charge in [0, 0.05) is 26.5 Å². The van der Waals surface area contributed by atoms with Crippen LogP contribution in [0.3, 0.4) is 0 Å². The summed E-state index contributed by atoms with van der Waals surface area (Å²) >= 11 is 0. The van der Waals surface area contributed by atoms with Crippen LogP contribution in [0.4, 0.5) is 4.79 Å². The van der Waals surface area contributed by atoms with Gasteiger partial charge in [0.15, 0.2) is 6.10 Å². The van der Waals surface area contributed by atoms with E-state index in [1.807, 2.05) is 0 Å². The first-order valence-electron chi connectivity index (χ1n) is 34.8. The van der Waals surface area contributed by atoms with Gasteiger partial charge in [0.2, 0.25) is 0 Å². The number of phosphoric ester groups is 1. The summed E-state index contributed by atoms with van der Waals surface area (Å²) < 4.78 is 104. The minimum atomic E-state index is -4.66. The van der Waals surface area contributed by atoms with Crippen molar-refractivity contribution in [2.24, 2.45) is 0 Å². The largest absolute Gasteiger partial charge is 0.472 e. The Morgan fingerprint density at radius 2 is 0.670 bits per heavy atom. The Bertz CT molecular complexity index is 1640. The lowest BCUT2D eigenvalue weighted by Gasteiger charge is -2.20. The number of allylic oxidation sites excluding steroid dienone is 4. The summed E-state index contributed by atoms with van der Waals surface area (Å²) in [4.78, 5) is 48.1. The van der Waals surface area contributed by atoms with Crippen molar-refractivity contribution in [3.8, 4) is 0 Å². The lowest BCUT2D eigenvalue weighted by Crippen LogP contribution is -2.30. The van der Waals surface area contributed by atoms with Crippen LogP contribution in [-0.2, 0) is 94.3 Å². The quantitative estimate of drug-likeness (QED) is 0.0189. The number of amides is 1. The molecule has 0 aliphatic carbocycles. The third-order valence-electron chi connectivity index (χ3n) is 13.7. The monoisotopic (exact) mass is 1330 g/mol. The van der Waals surface area contributed by atoms with Gasteiger partial charge in [-0.15, -0.1) is 0 Å². The van der Waals surface area contributed by atoms with Gasteiger partial charge in [0.05, 0.1) is 165 Å². The molecule has 0 saturated carbocycles. The SMILES string of the molecule is CCCCCCCC/C=C\CCCCCCCC(=O)OC[C@H](COP(=O)(O)OCCNC(=O)OCCOCCOCCOCCOCCOCCOCCOCCOCCOCCOCCOCCOC)OC(=O)CCCCCCC/C=C\CCCCCCCC. The zero-order valence-electron chi connectivity index (χ0n) is 57.0. The van der Waals surface area contributed by atoms with Crippen LogP contribution < -0.4 is 5.32 Å². The lowest BCUT2D eigenvalue weighted by atomic mass is 10.1. The van der Waals surface area contributed by atoms with E-state index in [1.54, 1.807) is 7.11 Å². The number of unbranched alkanes of at least 4 members (excludes halogenated alkanes) is 22. The minimum absolute atomic E-state index is 0.0349. The molecule has 0 aliphatic heterocycles. The van der Waals surface area contributed by atoms with Crippen LogP contribution in [0, 0.1) is 0 Å². The maximum Gasteiger partial charge on any atom is 0.472 e. The maximum absolute atomic E-state index is 12.9. The number of hydrogen-bond donors (Lipinski definition) is 2. The van der Waals surface area contributed by atoms with Crippen LogP contribution in [0.2, 0.25) is 0 Å². The molecule has 24 heteroatoms. The van der Waals surface area contributed by atoms with E-state index in [-0.39, 0.29) is 52.4 Å². The van der Waals surface area contributed by atoms with E-state index in [1.165, 1.54) is 77.0 Å². The molecule has 0 rings (SSSR count). The average molecular weight is 1330 g/mol. The highest BCUT2D eigenvalue weighted by atomic mass is 31.2. The zero-order chi connectivity index (χ0) is 66.0. The van der Waals surface area contributed by atoms with E-state index in [0.29, 0.717) is 152 Å². The number of phosphoric acid groups is 1. The second-order valence-corrected chi connectivity index (χ2v) is 23.3. The normalized spacial score (nSPS) is 12.7. The number of carbonyl (C=O) groups is 3. The van der Waals surface area contributed by atoms with E-state index >= 15 is 0 Å². The first-order chi connectivity index (χ1) is 44.7. The van der Waals surface area contributed by atoms with Gasteiger partial charge < -0.3 is 81.3 Å². The third-order valence-corrected chi connectivity index (χ3v) is 14.7. The summed E-state index contributed by atoms with van der Waals surface area (Å²) in [7, 11) is -3.02. The molecular weight excluding hydrogens is 1200 g/mol. The molecule has 0 radical (unpaired) electrons. The number of alkyl carbamates (subject to hydrolysis) is 1. The molecule has 0 fully saturated rings. The van der Waals surface area contributed by atoms with Crippen molar-refractivity contribution in [2.75, 3.05) is 192 Å². The van der Waals surface area contributed by atoms with Gasteiger partial charge in [-0.1, -0.05) is 141 Å². The van der Waals surface area contributed by atoms with Gasteiger partial charge in [0.1, 0.15) is 13.2 Å². The van der Waals surface area contributed by atoms with Gasteiger partial charge in [-0.2, -0.15) is 0 Å². The minimum Gasteiger partial charge on any atom is -0.462 e. The predicted octanol–water partition coefficient (Wildman–Crippen LogP) is 12.2. The molecule has 91 heavy (non-hydrogen) atoms. The van der Waals surface area contributed by atoms with Crippen molar-refractivity contribution < 1.29 is 104 Å². The highest BCUT2D eigenvalue weighted by Crippen LogP contribution is 2.43. The summed E-state index contributed by atoms with van der Waals surface area (Å²) in [6, 6.07) is 0. The van der Waals surface area contributed by atoms with Gasteiger partial charge in [-0.3, -0.25) is 18.6 Å². The van der Waals surface area contributed by atoms with E-state index in [0.717, 1.165) is 77.0 Å². The van der Waals surface area contributed by atoms with E-state index in [2.05, 4.69) is 43.5 Å². The number of nitrogens with one attached hydrogen (secondary N) is 1. The van der Waals surface area contributed by atoms with Crippen LogP contribution in [0.5, 0.6) is 0 Å². The second-order valence-electron chi connectivity index (χ2n) is 21.9. The van der Waals surface area contributed by atoms with Crippen LogP contribution in [-0.4, -0.2) is 221 Å². The molecule has 538 valence electrons. The van der Waals surface area contributed by atoms with Crippen LogP contribution >= 0.6 is 7.82 Å². The van der Waals surface area contributed by atoms with Gasteiger partial charge in [-0.25, -0.2) is 9.36 Å². The Morgan fingerprint density at radius 3 is 1.02 bits per heavy atom. The molecule has 0 aromatic carbocycles. The summed E-state index contributed by atoms with van der Waals surface area (Å²) in [6.07, 6.45) is 37.2.